The van der Waals surface area contributed by atoms with E-state index in [1.807, 2.05) is 7.05 Å². The van der Waals surface area contributed by atoms with E-state index in [4.69, 9.17) is 22.7 Å². The summed E-state index contributed by atoms with van der Waals surface area (Å²) in [5.41, 5.74) is 7.13. The Kier molecular flexibility index (Phi) is 4.71. The van der Waals surface area contributed by atoms with Gasteiger partial charge < -0.3 is 15.4 Å². The number of nitrogens with two attached hydrogens (primary N) is 1. The van der Waals surface area contributed by atoms with Crippen LogP contribution in [0, 0.1) is 11.7 Å². The molecule has 0 spiro atoms. The summed E-state index contributed by atoms with van der Waals surface area (Å²) in [6.07, 6.45) is 2.26. The molecule has 5 heteroatoms. The van der Waals surface area contributed by atoms with Crippen LogP contribution in [-0.2, 0) is 4.74 Å². The molecule has 0 bridgehead atoms. The van der Waals surface area contributed by atoms with E-state index in [0.29, 0.717) is 11.5 Å². The van der Waals surface area contributed by atoms with Crippen molar-refractivity contribution in [2.75, 3.05) is 31.7 Å². The highest BCUT2D eigenvalue weighted by Gasteiger charge is 2.18. The summed E-state index contributed by atoms with van der Waals surface area (Å²) in [6, 6.07) is 4.56. The third-order valence-corrected chi connectivity index (χ3v) is 3.64. The molecule has 1 atom stereocenters. The van der Waals surface area contributed by atoms with E-state index >= 15 is 0 Å². The lowest BCUT2D eigenvalue weighted by Gasteiger charge is -2.29. The summed E-state index contributed by atoms with van der Waals surface area (Å²) >= 11 is 4.99. The molecule has 0 saturated carbocycles. The van der Waals surface area contributed by atoms with Crippen LogP contribution in [0.25, 0.3) is 0 Å². The van der Waals surface area contributed by atoms with Gasteiger partial charge in [-0.15, -0.1) is 0 Å². The Morgan fingerprint density at radius 3 is 3.00 bits per heavy atom. The predicted octanol–water partition coefficient (Wildman–Crippen LogP) is 2.32. The molecule has 0 radical (unpaired) electrons. The van der Waals surface area contributed by atoms with Crippen LogP contribution in [0.4, 0.5) is 10.1 Å². The van der Waals surface area contributed by atoms with Crippen molar-refractivity contribution in [3.05, 3.63) is 29.6 Å². The molecule has 1 aromatic carbocycles. The summed E-state index contributed by atoms with van der Waals surface area (Å²) in [5, 5.41) is 0. The fraction of sp³-hybridized carbons (Fsp3) is 0.500. The van der Waals surface area contributed by atoms with E-state index in [9.17, 15) is 4.39 Å². The minimum atomic E-state index is -0.319. The number of thiocarbonyl (C=S) groups is 1. The van der Waals surface area contributed by atoms with Gasteiger partial charge in [0.05, 0.1) is 6.61 Å². The zero-order chi connectivity index (χ0) is 13.8. The molecule has 1 unspecified atom stereocenters. The monoisotopic (exact) mass is 282 g/mol. The molecule has 104 valence electrons. The highest BCUT2D eigenvalue weighted by molar-refractivity contribution is 7.80. The normalized spacial score (nSPS) is 19.2. The van der Waals surface area contributed by atoms with Gasteiger partial charge in [-0.3, -0.25) is 0 Å². The highest BCUT2D eigenvalue weighted by Crippen LogP contribution is 2.23. The molecule has 0 amide bonds. The fourth-order valence-electron chi connectivity index (χ4n) is 2.48. The van der Waals surface area contributed by atoms with Gasteiger partial charge >= 0.3 is 0 Å². The van der Waals surface area contributed by atoms with Gasteiger partial charge in [0.2, 0.25) is 0 Å². The number of ether oxygens (including phenoxy) is 1. The maximum atomic E-state index is 13.3. The van der Waals surface area contributed by atoms with Crippen LogP contribution in [0.2, 0.25) is 0 Å². The molecule has 3 nitrogen and oxygen atoms in total. The second-order valence-corrected chi connectivity index (χ2v) is 5.43. The average Bonchev–Trinajstić information content (AvgIpc) is 2.39. The van der Waals surface area contributed by atoms with Gasteiger partial charge in [-0.05, 0) is 37.0 Å². The number of hydrogen-bond acceptors (Lipinski definition) is 3. The molecule has 2 rings (SSSR count). The maximum Gasteiger partial charge on any atom is 0.124 e. The molecule has 1 fully saturated rings. The second-order valence-electron chi connectivity index (χ2n) is 4.99. The van der Waals surface area contributed by atoms with Gasteiger partial charge in [-0.1, -0.05) is 12.2 Å². The third kappa shape index (κ3) is 3.64. The van der Waals surface area contributed by atoms with Crippen molar-refractivity contribution in [1.82, 2.24) is 0 Å². The van der Waals surface area contributed by atoms with Gasteiger partial charge in [0.1, 0.15) is 10.8 Å². The summed E-state index contributed by atoms with van der Waals surface area (Å²) in [4.78, 5) is 2.30. The topological polar surface area (TPSA) is 38.5 Å². The Hall–Kier alpha value is -1.20. The van der Waals surface area contributed by atoms with Gasteiger partial charge in [-0.2, -0.15) is 0 Å². The smallest absolute Gasteiger partial charge is 0.124 e. The summed E-state index contributed by atoms with van der Waals surface area (Å²) in [5.74, 6) is 0.184. The van der Waals surface area contributed by atoms with E-state index in [0.717, 1.165) is 38.3 Å². The first kappa shape index (κ1) is 14.2. The van der Waals surface area contributed by atoms with Crippen LogP contribution in [0.3, 0.4) is 0 Å². The van der Waals surface area contributed by atoms with Crippen LogP contribution in [0.1, 0.15) is 18.4 Å². The lowest BCUT2D eigenvalue weighted by Crippen LogP contribution is -2.32. The maximum absolute atomic E-state index is 13.3. The Balaban J connectivity index is 2.13. The van der Waals surface area contributed by atoms with E-state index in [1.54, 1.807) is 6.07 Å². The standard InChI is InChI=1S/C14H19FN2OS/c1-17(8-10-3-2-6-18-9-10)13-5-4-11(15)7-12(13)14(16)19/h4-5,7,10H,2-3,6,8-9H2,1H3,(H2,16,19). The number of rotatable bonds is 4. The van der Waals surface area contributed by atoms with Crippen LogP contribution in [0.15, 0.2) is 18.2 Å². The number of halogens is 1. The molecule has 19 heavy (non-hydrogen) atoms. The molecule has 1 aliphatic rings. The predicted molar refractivity (Wildman–Crippen MR) is 79.1 cm³/mol. The molecule has 1 saturated heterocycles. The largest absolute Gasteiger partial charge is 0.389 e. The molecule has 0 aliphatic carbocycles. The van der Waals surface area contributed by atoms with Crippen LogP contribution >= 0.6 is 12.2 Å². The first-order valence-electron chi connectivity index (χ1n) is 6.46. The summed E-state index contributed by atoms with van der Waals surface area (Å²) in [6.45, 7) is 2.50. The van der Waals surface area contributed by atoms with Gasteiger partial charge in [0.15, 0.2) is 0 Å². The van der Waals surface area contributed by atoms with E-state index in [1.165, 1.54) is 12.1 Å². The summed E-state index contributed by atoms with van der Waals surface area (Å²) < 4.78 is 18.8. The lowest BCUT2D eigenvalue weighted by atomic mass is 10.0. The van der Waals surface area contributed by atoms with Gasteiger partial charge in [-0.25, -0.2) is 4.39 Å². The quantitative estimate of drug-likeness (QED) is 0.860. The van der Waals surface area contributed by atoms with E-state index < -0.39 is 0 Å². The van der Waals surface area contributed by atoms with Crippen molar-refractivity contribution < 1.29 is 9.13 Å². The van der Waals surface area contributed by atoms with Crippen LogP contribution < -0.4 is 10.6 Å². The average molecular weight is 282 g/mol. The van der Waals surface area contributed by atoms with Crippen LogP contribution in [-0.4, -0.2) is 31.8 Å². The van der Waals surface area contributed by atoms with Gasteiger partial charge in [0, 0.05) is 31.5 Å². The summed E-state index contributed by atoms with van der Waals surface area (Å²) in [7, 11) is 1.98. The Labute approximate surface area is 118 Å². The minimum Gasteiger partial charge on any atom is -0.389 e. The molecule has 2 N–H and O–H groups in total. The van der Waals surface area contributed by atoms with Crippen molar-refractivity contribution in [2.24, 2.45) is 11.7 Å². The second kappa shape index (κ2) is 6.30. The Morgan fingerprint density at radius 1 is 1.58 bits per heavy atom. The van der Waals surface area contributed by atoms with Crippen molar-refractivity contribution >= 4 is 22.9 Å². The molecule has 1 aromatic rings. The number of anilines is 1. The zero-order valence-electron chi connectivity index (χ0n) is 11.1. The van der Waals surface area contributed by atoms with Crippen LogP contribution in [0.5, 0.6) is 0 Å². The van der Waals surface area contributed by atoms with E-state index in [-0.39, 0.29) is 10.8 Å². The Morgan fingerprint density at radius 2 is 2.37 bits per heavy atom. The zero-order valence-corrected chi connectivity index (χ0v) is 11.9. The van der Waals surface area contributed by atoms with Gasteiger partial charge in [0.25, 0.3) is 0 Å². The van der Waals surface area contributed by atoms with Crippen molar-refractivity contribution in [3.63, 3.8) is 0 Å². The molecule has 1 aliphatic heterocycles. The highest BCUT2D eigenvalue weighted by atomic mass is 32.1. The Bertz CT molecular complexity index is 461. The number of benzene rings is 1. The van der Waals surface area contributed by atoms with Crippen molar-refractivity contribution in [2.45, 2.75) is 12.8 Å². The number of hydrogen-bond donors (Lipinski definition) is 1. The fourth-order valence-corrected chi connectivity index (χ4v) is 2.64. The van der Waals surface area contributed by atoms with Crippen molar-refractivity contribution in [3.8, 4) is 0 Å². The van der Waals surface area contributed by atoms with E-state index in [2.05, 4.69) is 4.90 Å². The minimum absolute atomic E-state index is 0.223. The SMILES string of the molecule is CN(CC1CCCOC1)c1ccc(F)cc1C(N)=S. The number of nitrogens with zero attached hydrogens (tertiary/aromatic N) is 1. The molecule has 1 heterocycles. The first-order valence-corrected chi connectivity index (χ1v) is 6.87. The van der Waals surface area contributed by atoms with Crippen molar-refractivity contribution in [1.29, 1.82) is 0 Å². The molecular formula is C14H19FN2OS. The third-order valence-electron chi connectivity index (χ3n) is 3.42. The molecular weight excluding hydrogens is 263 g/mol. The molecule has 0 aromatic heterocycles. The lowest BCUT2D eigenvalue weighted by molar-refractivity contribution is 0.0576. The first-order chi connectivity index (χ1) is 9.08.